The maximum Gasteiger partial charge on any atom is 0.276 e. The normalized spacial score (nSPS) is 16.9. The first kappa shape index (κ1) is 21.0. The number of nitrogens with zero attached hydrogens (tertiary/aromatic N) is 2. The third-order valence-electron chi connectivity index (χ3n) is 5.31. The molecule has 1 amide bonds. The van der Waals surface area contributed by atoms with E-state index in [1.54, 1.807) is 44.1 Å². The predicted octanol–water partition coefficient (Wildman–Crippen LogP) is 3.69. The van der Waals surface area contributed by atoms with E-state index in [0.29, 0.717) is 17.0 Å². The fraction of sp³-hybridized carbons (Fsp3) is 0.364. The van der Waals surface area contributed by atoms with Gasteiger partial charge in [0.1, 0.15) is 0 Å². The van der Waals surface area contributed by atoms with E-state index >= 15 is 0 Å². The van der Waals surface area contributed by atoms with Crippen molar-refractivity contribution in [3.8, 4) is 0 Å². The first-order valence-corrected chi connectivity index (χ1v) is 11.2. The molecule has 2 aromatic carbocycles. The van der Waals surface area contributed by atoms with Crippen molar-refractivity contribution < 1.29 is 13.2 Å². The predicted molar refractivity (Wildman–Crippen MR) is 115 cm³/mol. The minimum atomic E-state index is -3.65. The molecular formula is C22H27N3O3S. The Morgan fingerprint density at radius 2 is 1.66 bits per heavy atom. The number of rotatable bonds is 5. The summed E-state index contributed by atoms with van der Waals surface area (Å²) in [6.45, 7) is 1.77. The van der Waals surface area contributed by atoms with Crippen LogP contribution >= 0.6 is 0 Å². The van der Waals surface area contributed by atoms with Gasteiger partial charge < -0.3 is 4.90 Å². The van der Waals surface area contributed by atoms with Crippen LogP contribution < -0.4 is 4.83 Å². The van der Waals surface area contributed by atoms with Crippen LogP contribution in [0, 0.1) is 6.92 Å². The first-order chi connectivity index (χ1) is 13.8. The molecule has 7 heteroatoms. The van der Waals surface area contributed by atoms with E-state index in [4.69, 9.17) is 0 Å². The molecule has 0 aromatic heterocycles. The topological polar surface area (TPSA) is 78.8 Å². The molecule has 1 aliphatic rings. The maximum absolute atomic E-state index is 12.5. The smallest absolute Gasteiger partial charge is 0.276 e. The second-order valence-corrected chi connectivity index (χ2v) is 9.26. The third-order valence-corrected chi connectivity index (χ3v) is 6.67. The number of benzene rings is 2. The molecule has 0 saturated heterocycles. The van der Waals surface area contributed by atoms with Crippen LogP contribution in [-0.2, 0) is 10.0 Å². The Bertz CT molecular complexity index is 1000. The summed E-state index contributed by atoms with van der Waals surface area (Å²) >= 11 is 0. The first-order valence-electron chi connectivity index (χ1n) is 9.72. The van der Waals surface area contributed by atoms with E-state index in [1.165, 1.54) is 5.56 Å². The molecular weight excluding hydrogens is 386 g/mol. The highest BCUT2D eigenvalue weighted by Crippen LogP contribution is 2.32. The van der Waals surface area contributed by atoms with E-state index < -0.39 is 10.0 Å². The summed E-state index contributed by atoms with van der Waals surface area (Å²) < 4.78 is 24.9. The molecule has 3 rings (SSSR count). The van der Waals surface area contributed by atoms with Gasteiger partial charge in [-0.1, -0.05) is 30.3 Å². The summed E-state index contributed by atoms with van der Waals surface area (Å²) in [4.78, 5) is 16.2. The average Bonchev–Trinajstić information content (AvgIpc) is 2.72. The van der Waals surface area contributed by atoms with Crippen molar-refractivity contribution in [3.63, 3.8) is 0 Å². The Kier molecular flexibility index (Phi) is 6.37. The maximum atomic E-state index is 12.5. The molecule has 1 aliphatic carbocycles. The molecule has 1 N–H and O–H groups in total. The number of nitrogens with one attached hydrogen (secondary N) is 1. The molecule has 0 spiro atoms. The number of hydrogen-bond acceptors (Lipinski definition) is 4. The summed E-state index contributed by atoms with van der Waals surface area (Å²) in [5.41, 5.74) is 3.46. The number of sulfonamides is 1. The van der Waals surface area contributed by atoms with E-state index in [9.17, 15) is 13.2 Å². The van der Waals surface area contributed by atoms with Crippen LogP contribution in [0.4, 0.5) is 0 Å². The molecule has 6 nitrogen and oxygen atoms in total. The number of hydrogen-bond donors (Lipinski definition) is 1. The van der Waals surface area contributed by atoms with Gasteiger partial charge in [-0.25, -0.2) is 4.83 Å². The monoisotopic (exact) mass is 413 g/mol. The zero-order valence-electron chi connectivity index (χ0n) is 17.1. The summed E-state index contributed by atoms with van der Waals surface area (Å²) in [5.74, 6) is 0.390. The van der Waals surface area contributed by atoms with Gasteiger partial charge in [-0.05, 0) is 67.9 Å². The minimum absolute atomic E-state index is 0.00412. The molecule has 0 heterocycles. The van der Waals surface area contributed by atoms with Crippen LogP contribution in [0.15, 0.2) is 58.5 Å². The Hall–Kier alpha value is -2.67. The molecule has 2 aromatic rings. The van der Waals surface area contributed by atoms with Gasteiger partial charge in [-0.15, -0.1) is 0 Å². The van der Waals surface area contributed by atoms with Crippen molar-refractivity contribution in [1.82, 2.24) is 9.73 Å². The van der Waals surface area contributed by atoms with Crippen molar-refractivity contribution in [2.75, 3.05) is 14.1 Å². The number of hydrazone groups is 1. The molecule has 1 fully saturated rings. The van der Waals surface area contributed by atoms with Gasteiger partial charge >= 0.3 is 0 Å². The molecule has 0 bridgehead atoms. The van der Waals surface area contributed by atoms with Gasteiger partial charge in [0, 0.05) is 25.4 Å². The highest BCUT2D eigenvalue weighted by molar-refractivity contribution is 7.89. The lowest BCUT2D eigenvalue weighted by molar-refractivity contribution is 0.0827. The molecule has 154 valence electrons. The summed E-state index contributed by atoms with van der Waals surface area (Å²) in [7, 11) is -0.166. The SMILES string of the molecule is Cc1ccccc1S(=O)(=O)NN=C1CCC(c2ccc(C(=O)N(C)C)cc2)CC1. The standard InChI is InChI=1S/C22H27N3O3S/c1-16-6-4-5-7-21(16)29(27,28)24-23-20-14-12-18(13-15-20)17-8-10-19(11-9-17)22(26)25(2)3/h4-11,18,24H,12-15H2,1-3H3. The quantitative estimate of drug-likeness (QED) is 0.760. The fourth-order valence-electron chi connectivity index (χ4n) is 3.58. The Morgan fingerprint density at radius 3 is 2.24 bits per heavy atom. The lowest BCUT2D eigenvalue weighted by Crippen LogP contribution is -2.23. The van der Waals surface area contributed by atoms with Crippen molar-refractivity contribution >= 4 is 21.6 Å². The van der Waals surface area contributed by atoms with Crippen molar-refractivity contribution in [1.29, 1.82) is 0 Å². The minimum Gasteiger partial charge on any atom is -0.345 e. The molecule has 1 saturated carbocycles. The van der Waals surface area contributed by atoms with E-state index in [0.717, 1.165) is 31.4 Å². The third kappa shape index (κ3) is 5.03. The van der Waals surface area contributed by atoms with Gasteiger partial charge in [0.2, 0.25) is 0 Å². The lowest BCUT2D eigenvalue weighted by atomic mass is 9.83. The number of amides is 1. The van der Waals surface area contributed by atoms with Crippen LogP contribution in [0.3, 0.4) is 0 Å². The summed E-state index contributed by atoms with van der Waals surface area (Å²) in [6, 6.07) is 14.6. The van der Waals surface area contributed by atoms with Crippen LogP contribution in [0.1, 0.15) is 53.1 Å². The Labute approximate surface area is 172 Å². The van der Waals surface area contributed by atoms with E-state index in [2.05, 4.69) is 9.93 Å². The largest absolute Gasteiger partial charge is 0.345 e. The van der Waals surface area contributed by atoms with Crippen LogP contribution in [0.25, 0.3) is 0 Å². The zero-order chi connectivity index (χ0) is 21.0. The van der Waals surface area contributed by atoms with Gasteiger partial charge in [-0.2, -0.15) is 13.5 Å². The van der Waals surface area contributed by atoms with Gasteiger partial charge in [-0.3, -0.25) is 4.79 Å². The van der Waals surface area contributed by atoms with Crippen LogP contribution in [0.5, 0.6) is 0 Å². The average molecular weight is 414 g/mol. The Balaban J connectivity index is 1.60. The van der Waals surface area contributed by atoms with Gasteiger partial charge in [0.05, 0.1) is 4.90 Å². The molecule has 0 unspecified atom stereocenters. The number of carbonyl (C=O) groups excluding carboxylic acids is 1. The van der Waals surface area contributed by atoms with Crippen molar-refractivity contribution in [3.05, 3.63) is 65.2 Å². The highest BCUT2D eigenvalue weighted by Gasteiger charge is 2.21. The molecule has 0 aliphatic heterocycles. The molecule has 29 heavy (non-hydrogen) atoms. The fourth-order valence-corrected chi connectivity index (χ4v) is 4.68. The van der Waals surface area contributed by atoms with Crippen molar-refractivity contribution in [2.24, 2.45) is 5.10 Å². The van der Waals surface area contributed by atoms with E-state index in [1.807, 2.05) is 30.3 Å². The van der Waals surface area contributed by atoms with Crippen LogP contribution in [0.2, 0.25) is 0 Å². The molecule has 0 radical (unpaired) electrons. The number of aryl methyl sites for hydroxylation is 1. The lowest BCUT2D eigenvalue weighted by Gasteiger charge is -2.23. The second-order valence-electron chi connectivity index (χ2n) is 7.63. The second kappa shape index (κ2) is 8.78. The van der Waals surface area contributed by atoms with E-state index in [-0.39, 0.29) is 10.8 Å². The highest BCUT2D eigenvalue weighted by atomic mass is 32.2. The number of carbonyl (C=O) groups is 1. The van der Waals surface area contributed by atoms with Crippen LogP contribution in [-0.4, -0.2) is 39.0 Å². The molecule has 0 atom stereocenters. The Morgan fingerprint density at radius 1 is 1.03 bits per heavy atom. The zero-order valence-corrected chi connectivity index (χ0v) is 17.9. The van der Waals surface area contributed by atoms with Gasteiger partial charge in [0.15, 0.2) is 0 Å². The summed E-state index contributed by atoms with van der Waals surface area (Å²) in [6.07, 6.45) is 3.32. The summed E-state index contributed by atoms with van der Waals surface area (Å²) in [5, 5.41) is 4.19. The van der Waals surface area contributed by atoms with Crippen molar-refractivity contribution in [2.45, 2.75) is 43.4 Å². The van der Waals surface area contributed by atoms with Gasteiger partial charge in [0.25, 0.3) is 15.9 Å².